The van der Waals surface area contributed by atoms with E-state index in [0.717, 1.165) is 24.2 Å². The summed E-state index contributed by atoms with van der Waals surface area (Å²) in [6.07, 6.45) is 8.76. The highest BCUT2D eigenvalue weighted by molar-refractivity contribution is 5.81. The minimum atomic E-state index is -0.163. The summed E-state index contributed by atoms with van der Waals surface area (Å²) < 4.78 is 8.79. The van der Waals surface area contributed by atoms with Crippen molar-refractivity contribution in [3.8, 4) is 0 Å². The summed E-state index contributed by atoms with van der Waals surface area (Å²) in [7, 11) is 0. The molecule has 0 amide bonds. The number of fused-ring (bicyclic) bond motifs is 1. The second-order valence-corrected chi connectivity index (χ2v) is 9.34. The van der Waals surface area contributed by atoms with Gasteiger partial charge in [-0.2, -0.15) is 4.58 Å². The second kappa shape index (κ2) is 7.82. The molecule has 0 N–H and O–H groups in total. The molecule has 0 fully saturated rings. The van der Waals surface area contributed by atoms with Gasteiger partial charge in [0.25, 0.3) is 0 Å². The third kappa shape index (κ3) is 3.77. The minimum absolute atomic E-state index is 0.0327. The van der Waals surface area contributed by atoms with Gasteiger partial charge in [-0.25, -0.2) is 0 Å². The average Bonchev–Trinajstić information content (AvgIpc) is 3.24. The van der Waals surface area contributed by atoms with Gasteiger partial charge < -0.3 is 4.42 Å². The molecule has 2 atom stereocenters. The monoisotopic (exact) mass is 390 g/mol. The molecule has 0 radical (unpaired) electrons. The van der Waals surface area contributed by atoms with Gasteiger partial charge in [-0.15, -0.1) is 0 Å². The Morgan fingerprint density at radius 1 is 1.28 bits per heavy atom. The van der Waals surface area contributed by atoms with Crippen molar-refractivity contribution in [3.05, 3.63) is 71.7 Å². The van der Waals surface area contributed by atoms with Crippen LogP contribution in [-0.4, -0.2) is 16.3 Å². The molecule has 29 heavy (non-hydrogen) atoms. The van der Waals surface area contributed by atoms with Crippen LogP contribution < -0.4 is 0 Å². The van der Waals surface area contributed by atoms with E-state index in [9.17, 15) is 0 Å². The van der Waals surface area contributed by atoms with Crippen LogP contribution in [0.2, 0.25) is 0 Å². The lowest BCUT2D eigenvalue weighted by molar-refractivity contribution is -0.542. The minimum Gasteiger partial charge on any atom is -0.460 e. The van der Waals surface area contributed by atoms with Gasteiger partial charge in [0, 0.05) is 36.8 Å². The van der Waals surface area contributed by atoms with Crippen LogP contribution in [0, 0.1) is 5.92 Å². The zero-order valence-corrected chi connectivity index (χ0v) is 19.2. The highest BCUT2D eigenvalue weighted by Crippen LogP contribution is 2.43. The topological polar surface area (TPSA) is 16.1 Å². The fraction of sp³-hybridized carbons (Fsp3) is 0.444. The molecule has 0 saturated heterocycles. The number of hydrogen-bond donors (Lipinski definition) is 0. The van der Waals surface area contributed by atoms with E-state index >= 15 is 0 Å². The molecule has 3 rings (SSSR count). The first kappa shape index (κ1) is 21.4. The maximum atomic E-state index is 6.31. The molecule has 0 saturated carbocycles. The van der Waals surface area contributed by atoms with E-state index in [1.807, 2.05) is 18.2 Å². The maximum absolute atomic E-state index is 6.31. The third-order valence-electron chi connectivity index (χ3n) is 6.50. The summed E-state index contributed by atoms with van der Waals surface area (Å²) in [5.74, 6) is 1.53. The zero-order valence-electron chi connectivity index (χ0n) is 19.2. The molecule has 154 valence electrons. The molecule has 1 aliphatic rings. The molecule has 0 bridgehead atoms. The van der Waals surface area contributed by atoms with E-state index in [1.54, 1.807) is 0 Å². The molecule has 1 aliphatic heterocycles. The Morgan fingerprint density at radius 3 is 2.55 bits per heavy atom. The first-order valence-corrected chi connectivity index (χ1v) is 10.8. The van der Waals surface area contributed by atoms with Crippen molar-refractivity contribution in [2.75, 3.05) is 0 Å². The number of hydrogen-bond acceptors (Lipinski definition) is 1. The Balaban J connectivity index is 2.18. The Kier molecular flexibility index (Phi) is 5.76. The molecule has 1 aromatic heterocycles. The summed E-state index contributed by atoms with van der Waals surface area (Å²) in [6.45, 7) is 19.9. The number of para-hydroxylation sites is 1. The van der Waals surface area contributed by atoms with Crippen LogP contribution in [0.15, 0.2) is 70.3 Å². The molecular weight excluding hydrogens is 354 g/mol. The molecule has 1 aromatic carbocycles. The van der Waals surface area contributed by atoms with Crippen molar-refractivity contribution in [2.45, 2.75) is 72.3 Å². The predicted molar refractivity (Wildman–Crippen MR) is 125 cm³/mol. The standard InChI is InChI=1S/C27H36NO/c1-9-19(4)22(11-3)25(20(5)10-2)28-18-27(8,17-26(28,6)7)24-16-21-14-12-13-15-23(21)29-24/h10-16,18-19H,2,9,17H2,1,3-8H3/q+1/b22-11?,25-20+. The highest BCUT2D eigenvalue weighted by atomic mass is 16.3. The van der Waals surface area contributed by atoms with Crippen LogP contribution >= 0.6 is 0 Å². The van der Waals surface area contributed by atoms with E-state index in [-0.39, 0.29) is 11.0 Å². The van der Waals surface area contributed by atoms with Gasteiger partial charge in [-0.3, -0.25) is 0 Å². The van der Waals surface area contributed by atoms with Crippen molar-refractivity contribution in [1.29, 1.82) is 0 Å². The Bertz CT molecular complexity index is 981. The van der Waals surface area contributed by atoms with E-state index in [2.05, 4.69) is 90.1 Å². The highest BCUT2D eigenvalue weighted by Gasteiger charge is 2.52. The first-order chi connectivity index (χ1) is 13.7. The van der Waals surface area contributed by atoms with E-state index in [1.165, 1.54) is 22.2 Å². The summed E-state index contributed by atoms with van der Waals surface area (Å²) >= 11 is 0. The fourth-order valence-electron chi connectivity index (χ4n) is 4.80. The summed E-state index contributed by atoms with van der Waals surface area (Å²) in [5.41, 5.74) is 4.67. The summed E-state index contributed by atoms with van der Waals surface area (Å²) in [5, 5.41) is 1.17. The molecule has 2 heteroatoms. The van der Waals surface area contributed by atoms with Crippen LogP contribution in [0.25, 0.3) is 11.0 Å². The van der Waals surface area contributed by atoms with Crippen LogP contribution in [0.3, 0.4) is 0 Å². The van der Waals surface area contributed by atoms with Crippen molar-refractivity contribution >= 4 is 17.2 Å². The Morgan fingerprint density at radius 2 is 1.97 bits per heavy atom. The van der Waals surface area contributed by atoms with Gasteiger partial charge in [-0.1, -0.05) is 50.8 Å². The van der Waals surface area contributed by atoms with Crippen LogP contribution in [0.1, 0.15) is 67.1 Å². The molecular formula is C27H36NO+. The lowest BCUT2D eigenvalue weighted by Crippen LogP contribution is -2.34. The number of allylic oxidation sites excluding steroid dienone is 4. The van der Waals surface area contributed by atoms with Gasteiger partial charge in [0.1, 0.15) is 16.8 Å². The van der Waals surface area contributed by atoms with Crippen LogP contribution in [0.5, 0.6) is 0 Å². The Labute approximate surface area is 176 Å². The number of furan rings is 1. The molecule has 0 aliphatic carbocycles. The molecule has 2 unspecified atom stereocenters. The smallest absolute Gasteiger partial charge is 0.211 e. The summed E-state index contributed by atoms with van der Waals surface area (Å²) in [6, 6.07) is 10.5. The van der Waals surface area contributed by atoms with Gasteiger partial charge in [0.15, 0.2) is 11.8 Å². The molecule has 0 spiro atoms. The molecule has 2 nitrogen and oxygen atoms in total. The third-order valence-corrected chi connectivity index (χ3v) is 6.50. The average molecular weight is 391 g/mol. The van der Waals surface area contributed by atoms with Crippen molar-refractivity contribution in [3.63, 3.8) is 0 Å². The second-order valence-electron chi connectivity index (χ2n) is 9.34. The van der Waals surface area contributed by atoms with Gasteiger partial charge in [0.2, 0.25) is 5.70 Å². The lowest BCUT2D eigenvalue weighted by Gasteiger charge is -2.24. The van der Waals surface area contributed by atoms with Gasteiger partial charge >= 0.3 is 0 Å². The maximum Gasteiger partial charge on any atom is 0.211 e. The van der Waals surface area contributed by atoms with E-state index < -0.39 is 0 Å². The predicted octanol–water partition coefficient (Wildman–Crippen LogP) is 7.41. The lowest BCUT2D eigenvalue weighted by atomic mass is 9.81. The number of benzene rings is 1. The normalized spacial score (nSPS) is 23.7. The molecule has 2 heterocycles. The molecule has 2 aromatic rings. The van der Waals surface area contributed by atoms with Crippen molar-refractivity contribution in [2.24, 2.45) is 5.92 Å². The quantitative estimate of drug-likeness (QED) is 0.370. The van der Waals surface area contributed by atoms with Crippen molar-refractivity contribution < 1.29 is 8.99 Å². The summed E-state index contributed by atoms with van der Waals surface area (Å²) in [4.78, 5) is 0. The fourth-order valence-corrected chi connectivity index (χ4v) is 4.80. The number of nitrogens with zero attached hydrogens (tertiary/aromatic N) is 1. The SMILES string of the molecule is C=C/C(C)=C(\C(=CC)C(C)CC)[N+]1=CC(C)(c2cc3ccccc3o2)CC1(C)C. The zero-order chi connectivity index (χ0) is 21.4. The van der Waals surface area contributed by atoms with Gasteiger partial charge in [0.05, 0.1) is 0 Å². The van der Waals surface area contributed by atoms with E-state index in [0.29, 0.717) is 5.92 Å². The number of rotatable bonds is 6. The first-order valence-electron chi connectivity index (χ1n) is 10.8. The van der Waals surface area contributed by atoms with E-state index in [4.69, 9.17) is 4.42 Å². The van der Waals surface area contributed by atoms with Crippen LogP contribution in [0.4, 0.5) is 0 Å². The Hall–Kier alpha value is -2.35. The van der Waals surface area contributed by atoms with Gasteiger partial charge in [-0.05, 0) is 45.2 Å². The largest absolute Gasteiger partial charge is 0.460 e. The van der Waals surface area contributed by atoms with Crippen LogP contribution in [-0.2, 0) is 5.41 Å². The van der Waals surface area contributed by atoms with Crippen molar-refractivity contribution in [1.82, 2.24) is 0 Å².